The number of carboxylic acid groups (broad SMARTS) is 1. The monoisotopic (exact) mass is 483 g/mol. The molecule has 166 valence electrons. The van der Waals surface area contributed by atoms with E-state index in [9.17, 15) is 41.8 Å². The third-order valence-corrected chi connectivity index (χ3v) is 5.51. The van der Waals surface area contributed by atoms with E-state index in [4.69, 9.17) is 11.6 Å². The molecule has 0 aliphatic rings. The van der Waals surface area contributed by atoms with Crippen molar-refractivity contribution in [1.82, 2.24) is 4.57 Å². The van der Waals surface area contributed by atoms with Gasteiger partial charge in [-0.25, -0.2) is 0 Å². The molecule has 3 aromatic rings. The highest BCUT2D eigenvalue weighted by Crippen LogP contribution is 2.41. The Labute approximate surface area is 179 Å². The molecule has 0 saturated heterocycles. The Hall–Kier alpha value is -2.86. The molecule has 0 aliphatic heterocycles. The maximum absolute atomic E-state index is 13.1. The molecule has 3 rings (SSSR count). The molecule has 0 amide bonds. The Kier molecular flexibility index (Phi) is 5.65. The van der Waals surface area contributed by atoms with E-state index in [-0.39, 0.29) is 38.5 Å². The number of ether oxygens (including phenoxy) is 1. The fourth-order valence-corrected chi connectivity index (χ4v) is 3.98. The van der Waals surface area contributed by atoms with Gasteiger partial charge < -0.3 is 14.9 Å². The summed E-state index contributed by atoms with van der Waals surface area (Å²) in [5.74, 6) is -2.44. The fourth-order valence-electron chi connectivity index (χ4n) is 2.95. The average molecular weight is 484 g/mol. The number of phenols is 1. The second-order valence-corrected chi connectivity index (χ2v) is 7.59. The van der Waals surface area contributed by atoms with Crippen molar-refractivity contribution in [3.05, 3.63) is 45.4 Å². The molecular formula is C18H11ClF5NO5S. The van der Waals surface area contributed by atoms with Gasteiger partial charge in [0.15, 0.2) is 5.06 Å². The average Bonchev–Trinajstić information content (AvgIpc) is 3.19. The molecule has 0 unspecified atom stereocenters. The molecular weight excluding hydrogens is 473 g/mol. The number of nitrogens with zero attached hydrogens (tertiary/aromatic N) is 1. The predicted octanol–water partition coefficient (Wildman–Crippen LogP) is 5.22. The number of aliphatic carboxylic acids is 1. The van der Waals surface area contributed by atoms with E-state index in [1.54, 1.807) is 0 Å². The lowest BCUT2D eigenvalue weighted by atomic mass is 10.1. The van der Waals surface area contributed by atoms with Crippen LogP contribution in [0.5, 0.6) is 10.8 Å². The van der Waals surface area contributed by atoms with Crippen LogP contribution in [0.1, 0.15) is 21.6 Å². The molecule has 0 atom stereocenters. The normalized spacial score (nSPS) is 12.4. The number of rotatable bonds is 5. The quantitative estimate of drug-likeness (QED) is 0.486. The maximum Gasteiger partial charge on any atom is 0.499 e. The minimum absolute atomic E-state index is 0.102. The number of thiophene rings is 1. The van der Waals surface area contributed by atoms with Gasteiger partial charge in [-0.3, -0.25) is 14.2 Å². The molecule has 0 aliphatic carbocycles. The number of carbonyl (C=O) groups excluding carboxylic acids is 1. The fraction of sp³-hybridized carbons (Fsp3) is 0.222. The third kappa shape index (κ3) is 4.04. The summed E-state index contributed by atoms with van der Waals surface area (Å²) in [7, 11) is 0. The van der Waals surface area contributed by atoms with Crippen LogP contribution in [-0.2, 0) is 11.2 Å². The van der Waals surface area contributed by atoms with Gasteiger partial charge in [0.05, 0.1) is 22.5 Å². The summed E-state index contributed by atoms with van der Waals surface area (Å²) in [4.78, 5) is 24.3. The highest BCUT2D eigenvalue weighted by molar-refractivity contribution is 7.12. The van der Waals surface area contributed by atoms with Crippen LogP contribution in [0, 0.1) is 6.92 Å². The second-order valence-electron chi connectivity index (χ2n) is 6.34. The van der Waals surface area contributed by atoms with Crippen molar-refractivity contribution in [2.75, 3.05) is 0 Å². The van der Waals surface area contributed by atoms with Crippen molar-refractivity contribution < 1.29 is 46.5 Å². The predicted molar refractivity (Wildman–Crippen MR) is 100 cm³/mol. The first-order chi connectivity index (χ1) is 14.2. The van der Waals surface area contributed by atoms with Crippen LogP contribution < -0.4 is 4.74 Å². The molecule has 0 saturated carbocycles. The number of hydrogen-bond acceptors (Lipinski definition) is 5. The van der Waals surface area contributed by atoms with Crippen LogP contribution in [0.25, 0.3) is 10.9 Å². The summed E-state index contributed by atoms with van der Waals surface area (Å²) in [5, 5.41) is 19.1. The number of alkyl halides is 5. The van der Waals surface area contributed by atoms with E-state index in [1.807, 2.05) is 0 Å². The minimum atomic E-state index is -5.95. The van der Waals surface area contributed by atoms with Crippen molar-refractivity contribution in [3.8, 4) is 10.8 Å². The lowest BCUT2D eigenvalue weighted by Crippen LogP contribution is -2.41. The van der Waals surface area contributed by atoms with Gasteiger partial charge in [0.1, 0.15) is 5.75 Å². The summed E-state index contributed by atoms with van der Waals surface area (Å²) in [6, 6.07) is 3.19. The van der Waals surface area contributed by atoms with Crippen LogP contribution in [0.4, 0.5) is 22.0 Å². The Morgan fingerprint density at radius 1 is 1.23 bits per heavy atom. The highest BCUT2D eigenvalue weighted by atomic mass is 35.5. The van der Waals surface area contributed by atoms with E-state index in [2.05, 4.69) is 4.74 Å². The van der Waals surface area contributed by atoms with Crippen LogP contribution in [0.2, 0.25) is 5.02 Å². The Morgan fingerprint density at radius 3 is 2.45 bits per heavy atom. The van der Waals surface area contributed by atoms with Gasteiger partial charge in [0.25, 0.3) is 5.91 Å². The Morgan fingerprint density at radius 2 is 1.87 bits per heavy atom. The molecule has 0 spiro atoms. The zero-order valence-electron chi connectivity index (χ0n) is 15.3. The molecule has 0 radical (unpaired) electrons. The number of carbonyl (C=O) groups is 2. The van der Waals surface area contributed by atoms with Gasteiger partial charge >= 0.3 is 18.3 Å². The number of carboxylic acids is 1. The number of phenolic OH excluding ortho intramolecular Hbond substituents is 1. The first-order valence-corrected chi connectivity index (χ1v) is 9.50. The first kappa shape index (κ1) is 22.8. The maximum atomic E-state index is 13.1. The van der Waals surface area contributed by atoms with E-state index in [0.29, 0.717) is 11.3 Å². The topological polar surface area (TPSA) is 88.8 Å². The summed E-state index contributed by atoms with van der Waals surface area (Å²) >= 11 is 6.45. The van der Waals surface area contributed by atoms with Gasteiger partial charge in [0.2, 0.25) is 0 Å². The summed E-state index contributed by atoms with van der Waals surface area (Å²) in [6.07, 6.45) is -11.9. The highest BCUT2D eigenvalue weighted by Gasteiger charge is 2.61. The van der Waals surface area contributed by atoms with E-state index < -0.39 is 35.6 Å². The molecule has 2 N–H and O–H groups in total. The second kappa shape index (κ2) is 7.68. The number of fused-ring (bicyclic) bond motifs is 1. The molecule has 1 aromatic carbocycles. The van der Waals surface area contributed by atoms with Gasteiger partial charge in [-0.1, -0.05) is 11.6 Å². The molecule has 6 nitrogen and oxygen atoms in total. The van der Waals surface area contributed by atoms with Gasteiger partial charge in [-0.2, -0.15) is 22.0 Å². The Bertz CT molecular complexity index is 1200. The van der Waals surface area contributed by atoms with E-state index >= 15 is 0 Å². The van der Waals surface area contributed by atoms with Crippen molar-refractivity contribution in [3.63, 3.8) is 0 Å². The van der Waals surface area contributed by atoms with Gasteiger partial charge in [-0.05, 0) is 24.6 Å². The lowest BCUT2D eigenvalue weighted by Gasteiger charge is -2.18. The van der Waals surface area contributed by atoms with E-state index in [0.717, 1.165) is 16.0 Å². The van der Waals surface area contributed by atoms with Crippen molar-refractivity contribution in [2.24, 2.45) is 0 Å². The van der Waals surface area contributed by atoms with E-state index in [1.165, 1.54) is 19.1 Å². The standard InChI is InChI=1S/C18H11ClF5NO5S/c1-7-9(5-12(27)28)14-10(2-3-11(26)15(14)19)25(7)16(29)8-4-13(31-6-8)30-18(23,24)17(20,21)22/h2-4,6,26H,5H2,1H3,(H,27,28). The number of hydrogen-bond donors (Lipinski definition) is 2. The third-order valence-electron chi connectivity index (χ3n) is 4.33. The smallest absolute Gasteiger partial charge is 0.499 e. The Balaban J connectivity index is 2.08. The zero-order valence-corrected chi connectivity index (χ0v) is 16.8. The molecule has 0 fully saturated rings. The number of halogens is 6. The van der Waals surface area contributed by atoms with Crippen molar-refractivity contribution in [2.45, 2.75) is 25.6 Å². The van der Waals surface area contributed by atoms with Crippen LogP contribution in [0.3, 0.4) is 0 Å². The minimum Gasteiger partial charge on any atom is -0.506 e. The molecule has 13 heteroatoms. The largest absolute Gasteiger partial charge is 0.506 e. The molecule has 31 heavy (non-hydrogen) atoms. The summed E-state index contributed by atoms with van der Waals surface area (Å²) < 4.78 is 67.9. The van der Waals surface area contributed by atoms with Gasteiger partial charge in [0, 0.05) is 22.5 Å². The number of benzene rings is 1. The van der Waals surface area contributed by atoms with Crippen LogP contribution in [-0.4, -0.2) is 38.9 Å². The molecule has 2 heterocycles. The lowest BCUT2D eigenvalue weighted by molar-refractivity contribution is -0.359. The summed E-state index contributed by atoms with van der Waals surface area (Å²) in [6.45, 7) is 1.41. The van der Waals surface area contributed by atoms with Crippen molar-refractivity contribution >= 4 is 45.7 Å². The molecule has 2 aromatic heterocycles. The summed E-state index contributed by atoms with van der Waals surface area (Å²) in [5.41, 5.74) is 0.121. The SMILES string of the molecule is Cc1c(CC(=O)O)c2c(Cl)c(O)ccc2n1C(=O)c1csc(OC(F)(F)C(F)(F)F)c1. The first-order valence-electron chi connectivity index (χ1n) is 8.24. The van der Waals surface area contributed by atoms with Gasteiger partial charge in [-0.15, -0.1) is 11.3 Å². The van der Waals surface area contributed by atoms with Crippen LogP contribution >= 0.6 is 22.9 Å². The zero-order chi connectivity index (χ0) is 23.3. The number of aromatic nitrogens is 1. The molecule has 0 bridgehead atoms. The number of aromatic hydroxyl groups is 1. The van der Waals surface area contributed by atoms with Crippen molar-refractivity contribution in [1.29, 1.82) is 0 Å². The van der Waals surface area contributed by atoms with Crippen LogP contribution in [0.15, 0.2) is 23.6 Å².